The zero-order chi connectivity index (χ0) is 14.8. The molecule has 6 nitrogen and oxygen atoms in total. The predicted molar refractivity (Wildman–Crippen MR) is 73.9 cm³/mol. The molecule has 0 amide bonds. The Kier molecular flexibility index (Phi) is 3.12. The van der Waals surface area contributed by atoms with Crippen LogP contribution in [0.3, 0.4) is 0 Å². The minimum Gasteiger partial charge on any atom is -0.422 e. The monoisotopic (exact) mass is 283 g/mol. The minimum atomic E-state index is -0.639. The summed E-state index contributed by atoms with van der Waals surface area (Å²) < 4.78 is 10.1. The zero-order valence-electron chi connectivity index (χ0n) is 10.7. The van der Waals surface area contributed by atoms with Crippen molar-refractivity contribution in [1.29, 1.82) is 0 Å². The number of esters is 1. The Labute approximate surface area is 119 Å². The highest BCUT2D eigenvalue weighted by Crippen LogP contribution is 2.28. The van der Waals surface area contributed by atoms with Crippen LogP contribution in [0.1, 0.15) is 11.3 Å². The highest BCUT2D eigenvalue weighted by molar-refractivity contribution is 6.04. The maximum absolute atomic E-state index is 11.8. The van der Waals surface area contributed by atoms with E-state index in [0.29, 0.717) is 5.76 Å². The van der Waals surface area contributed by atoms with Crippen molar-refractivity contribution in [1.82, 2.24) is 0 Å². The molecule has 1 aliphatic heterocycles. The molecule has 3 rings (SSSR count). The summed E-state index contributed by atoms with van der Waals surface area (Å²) in [5.74, 6) is -0.236. The topological polar surface area (TPSA) is 82.6 Å². The summed E-state index contributed by atoms with van der Waals surface area (Å²) in [6.07, 6.45) is 2.98. The second kappa shape index (κ2) is 5.09. The molecule has 0 aliphatic carbocycles. The number of hydrogen-bond donors (Lipinski definition) is 0. The van der Waals surface area contributed by atoms with E-state index >= 15 is 0 Å². The van der Waals surface area contributed by atoms with Crippen molar-refractivity contribution in [2.24, 2.45) is 0 Å². The average Bonchev–Trinajstić information content (AvgIpc) is 3.08. The standard InChI is InChI=1S/C15H9NO5/c17-15-11(8-12-6-7-14(20-12)16(18)19)9-13(21-15)10-4-2-1-3-5-10/h1-9H/b11-8-. The lowest BCUT2D eigenvalue weighted by molar-refractivity contribution is -0.402. The molecule has 0 radical (unpaired) electrons. The van der Waals surface area contributed by atoms with Crippen molar-refractivity contribution < 1.29 is 18.9 Å². The number of cyclic esters (lactones) is 1. The number of carbonyl (C=O) groups is 1. The van der Waals surface area contributed by atoms with E-state index in [1.165, 1.54) is 18.2 Å². The third-order valence-electron chi connectivity index (χ3n) is 2.87. The number of rotatable bonds is 3. The van der Waals surface area contributed by atoms with Crippen LogP contribution in [0.2, 0.25) is 0 Å². The van der Waals surface area contributed by atoms with E-state index in [0.717, 1.165) is 5.56 Å². The Morgan fingerprint density at radius 3 is 2.52 bits per heavy atom. The van der Waals surface area contributed by atoms with E-state index in [9.17, 15) is 14.9 Å². The van der Waals surface area contributed by atoms with Crippen LogP contribution in [0.25, 0.3) is 11.8 Å². The van der Waals surface area contributed by atoms with Gasteiger partial charge in [0, 0.05) is 5.56 Å². The SMILES string of the molecule is O=C1OC(c2ccccc2)=C/C1=C/c1ccc([N+](=O)[O-])o1. The molecule has 0 saturated heterocycles. The first kappa shape index (κ1) is 12.9. The molecule has 104 valence electrons. The molecule has 0 atom stereocenters. The summed E-state index contributed by atoms with van der Waals surface area (Å²) in [5, 5.41) is 10.5. The highest BCUT2D eigenvalue weighted by atomic mass is 16.6. The van der Waals surface area contributed by atoms with E-state index in [4.69, 9.17) is 9.15 Å². The number of carbonyl (C=O) groups excluding carboxylic acids is 1. The Hall–Kier alpha value is -3.15. The molecule has 0 fully saturated rings. The Morgan fingerprint density at radius 1 is 1.10 bits per heavy atom. The molecule has 6 heteroatoms. The third kappa shape index (κ3) is 2.59. The van der Waals surface area contributed by atoms with Gasteiger partial charge in [-0.3, -0.25) is 10.1 Å². The molecular formula is C15H9NO5. The van der Waals surface area contributed by atoms with Crippen LogP contribution in [0.15, 0.2) is 58.5 Å². The fourth-order valence-corrected chi connectivity index (χ4v) is 1.90. The molecule has 0 bridgehead atoms. The van der Waals surface area contributed by atoms with Crippen LogP contribution in [-0.4, -0.2) is 10.9 Å². The Morgan fingerprint density at radius 2 is 1.86 bits per heavy atom. The molecule has 21 heavy (non-hydrogen) atoms. The first-order valence-electron chi connectivity index (χ1n) is 6.09. The van der Waals surface area contributed by atoms with Crippen molar-refractivity contribution in [2.45, 2.75) is 0 Å². The van der Waals surface area contributed by atoms with Gasteiger partial charge < -0.3 is 9.15 Å². The van der Waals surface area contributed by atoms with E-state index in [1.54, 1.807) is 6.08 Å². The van der Waals surface area contributed by atoms with Crippen LogP contribution in [-0.2, 0) is 9.53 Å². The summed E-state index contributed by atoms with van der Waals surface area (Å²) in [6.45, 7) is 0. The van der Waals surface area contributed by atoms with Gasteiger partial charge in [-0.1, -0.05) is 30.3 Å². The lowest BCUT2D eigenvalue weighted by atomic mass is 10.1. The summed E-state index contributed by atoms with van der Waals surface area (Å²) in [7, 11) is 0. The molecule has 2 aromatic rings. The first-order chi connectivity index (χ1) is 10.1. The van der Waals surface area contributed by atoms with Crippen molar-refractivity contribution in [2.75, 3.05) is 0 Å². The summed E-state index contributed by atoms with van der Waals surface area (Å²) in [4.78, 5) is 21.7. The molecular weight excluding hydrogens is 274 g/mol. The van der Waals surface area contributed by atoms with E-state index in [1.807, 2.05) is 30.3 Å². The van der Waals surface area contributed by atoms with Crippen molar-refractivity contribution in [3.63, 3.8) is 0 Å². The van der Waals surface area contributed by atoms with Crippen molar-refractivity contribution >= 4 is 23.7 Å². The normalized spacial score (nSPS) is 15.9. The van der Waals surface area contributed by atoms with Crippen molar-refractivity contribution in [3.05, 3.63) is 75.6 Å². The van der Waals surface area contributed by atoms with Gasteiger partial charge in [-0.15, -0.1) is 0 Å². The van der Waals surface area contributed by atoms with E-state index < -0.39 is 10.9 Å². The largest absolute Gasteiger partial charge is 0.433 e. The molecule has 2 heterocycles. The number of furan rings is 1. The maximum atomic E-state index is 11.8. The zero-order valence-corrected chi connectivity index (χ0v) is 10.7. The number of nitrogens with zero attached hydrogens (tertiary/aromatic N) is 1. The minimum absolute atomic E-state index is 0.221. The van der Waals surface area contributed by atoms with Gasteiger partial charge in [-0.05, 0) is 18.2 Å². The first-order valence-corrected chi connectivity index (χ1v) is 6.09. The maximum Gasteiger partial charge on any atom is 0.433 e. The van der Waals surface area contributed by atoms with E-state index in [-0.39, 0.29) is 17.2 Å². The molecule has 0 saturated carbocycles. The molecule has 0 N–H and O–H groups in total. The van der Waals surface area contributed by atoms with Crippen LogP contribution in [0.4, 0.5) is 5.88 Å². The van der Waals surface area contributed by atoms with Crippen LogP contribution in [0, 0.1) is 10.1 Å². The smallest absolute Gasteiger partial charge is 0.422 e. The fourth-order valence-electron chi connectivity index (χ4n) is 1.90. The Balaban J connectivity index is 1.91. The summed E-state index contributed by atoms with van der Waals surface area (Å²) in [5.41, 5.74) is 1.05. The van der Waals surface area contributed by atoms with Crippen LogP contribution in [0.5, 0.6) is 0 Å². The van der Waals surface area contributed by atoms with Crippen molar-refractivity contribution in [3.8, 4) is 0 Å². The lowest BCUT2D eigenvalue weighted by Gasteiger charge is -1.99. The lowest BCUT2D eigenvalue weighted by Crippen LogP contribution is -1.96. The number of benzene rings is 1. The number of hydrogen-bond acceptors (Lipinski definition) is 5. The van der Waals surface area contributed by atoms with Gasteiger partial charge >= 0.3 is 11.9 Å². The molecule has 1 aliphatic rings. The van der Waals surface area contributed by atoms with Gasteiger partial charge in [0.1, 0.15) is 16.4 Å². The Bertz CT molecular complexity index is 770. The summed E-state index contributed by atoms with van der Waals surface area (Å²) in [6, 6.07) is 11.8. The molecule has 0 spiro atoms. The van der Waals surface area contributed by atoms with Gasteiger partial charge in [-0.25, -0.2) is 4.79 Å². The van der Waals surface area contributed by atoms with Gasteiger partial charge in [0.25, 0.3) is 0 Å². The molecule has 1 aromatic heterocycles. The van der Waals surface area contributed by atoms with Crippen LogP contribution >= 0.6 is 0 Å². The van der Waals surface area contributed by atoms with Gasteiger partial charge in [0.05, 0.1) is 11.6 Å². The second-order valence-corrected chi connectivity index (χ2v) is 4.30. The van der Waals surface area contributed by atoms with Gasteiger partial charge in [-0.2, -0.15) is 0 Å². The highest BCUT2D eigenvalue weighted by Gasteiger charge is 2.22. The summed E-state index contributed by atoms with van der Waals surface area (Å²) >= 11 is 0. The molecule has 0 unspecified atom stereocenters. The van der Waals surface area contributed by atoms with Crippen LogP contribution < -0.4 is 0 Å². The second-order valence-electron chi connectivity index (χ2n) is 4.30. The third-order valence-corrected chi connectivity index (χ3v) is 2.87. The fraction of sp³-hybridized carbons (Fsp3) is 0. The van der Waals surface area contributed by atoms with Gasteiger partial charge in [0.15, 0.2) is 0 Å². The quantitative estimate of drug-likeness (QED) is 0.374. The number of nitro groups is 1. The van der Waals surface area contributed by atoms with E-state index in [2.05, 4.69) is 0 Å². The van der Waals surface area contributed by atoms with Gasteiger partial charge in [0.2, 0.25) is 0 Å². The predicted octanol–water partition coefficient (Wildman–Crippen LogP) is 3.17. The average molecular weight is 283 g/mol. The number of ether oxygens (including phenoxy) is 1. The molecule has 1 aromatic carbocycles.